The summed E-state index contributed by atoms with van der Waals surface area (Å²) in [7, 11) is 1.50. The van der Waals surface area contributed by atoms with Crippen LogP contribution in [0.25, 0.3) is 10.9 Å². The van der Waals surface area contributed by atoms with Crippen molar-refractivity contribution in [3.05, 3.63) is 62.8 Å². The Bertz CT molecular complexity index is 948. The van der Waals surface area contributed by atoms with Crippen LogP contribution in [0.2, 0.25) is 10.0 Å². The summed E-state index contributed by atoms with van der Waals surface area (Å²) in [5.74, 6) is 0.493. The summed E-state index contributed by atoms with van der Waals surface area (Å²) in [6.45, 7) is 1.65. The maximum atomic E-state index is 13.0. The van der Waals surface area contributed by atoms with Gasteiger partial charge in [-0.05, 0) is 48.4 Å². The van der Waals surface area contributed by atoms with Gasteiger partial charge in [-0.15, -0.1) is 0 Å². The molecule has 0 fully saturated rings. The number of aromatic amines is 1. The zero-order valence-electron chi connectivity index (χ0n) is 13.4. The van der Waals surface area contributed by atoms with Gasteiger partial charge in [0.05, 0.1) is 17.7 Å². The largest absolute Gasteiger partial charge is 0.495 e. The van der Waals surface area contributed by atoms with Crippen molar-refractivity contribution in [2.45, 2.75) is 19.5 Å². The molecule has 1 heterocycles. The molecule has 0 aliphatic carbocycles. The third-order valence-electron chi connectivity index (χ3n) is 4.07. The van der Waals surface area contributed by atoms with Gasteiger partial charge in [0, 0.05) is 28.0 Å². The van der Waals surface area contributed by atoms with Crippen LogP contribution in [0.15, 0.2) is 30.3 Å². The lowest BCUT2D eigenvalue weighted by molar-refractivity contribution is -0.137. The Morgan fingerprint density at radius 2 is 1.84 bits per heavy atom. The lowest BCUT2D eigenvalue weighted by Gasteiger charge is -2.10. The molecular formula is C18H14Cl2F3NO. The molecule has 132 valence electrons. The van der Waals surface area contributed by atoms with Crippen molar-refractivity contribution in [3.8, 4) is 5.75 Å². The Balaban J connectivity index is 2.05. The number of benzene rings is 2. The first-order valence-corrected chi connectivity index (χ1v) is 8.16. The van der Waals surface area contributed by atoms with Crippen LogP contribution in [0.1, 0.15) is 22.4 Å². The number of aromatic nitrogens is 1. The first kappa shape index (κ1) is 18.0. The van der Waals surface area contributed by atoms with E-state index in [9.17, 15) is 13.2 Å². The summed E-state index contributed by atoms with van der Waals surface area (Å²) < 4.78 is 44.1. The lowest BCUT2D eigenvalue weighted by Crippen LogP contribution is -2.04. The molecule has 1 aromatic heterocycles. The summed E-state index contributed by atoms with van der Waals surface area (Å²) in [6, 6.07) is 7.42. The highest BCUT2D eigenvalue weighted by molar-refractivity contribution is 6.37. The molecule has 2 aromatic carbocycles. The fourth-order valence-corrected chi connectivity index (χ4v) is 3.40. The molecule has 0 saturated carbocycles. The van der Waals surface area contributed by atoms with Crippen LogP contribution in [-0.4, -0.2) is 12.1 Å². The molecule has 0 atom stereocenters. The lowest BCUT2D eigenvalue weighted by atomic mass is 10.1. The van der Waals surface area contributed by atoms with Crippen molar-refractivity contribution in [2.24, 2.45) is 0 Å². The van der Waals surface area contributed by atoms with E-state index in [4.69, 9.17) is 27.9 Å². The first-order chi connectivity index (χ1) is 11.7. The molecule has 3 aromatic rings. The van der Waals surface area contributed by atoms with Crippen LogP contribution in [0.3, 0.4) is 0 Å². The van der Waals surface area contributed by atoms with Gasteiger partial charge in [0.1, 0.15) is 5.75 Å². The summed E-state index contributed by atoms with van der Waals surface area (Å²) >= 11 is 12.5. The standard InChI is InChI=1S/C18H14Cl2F3NO/c1-9-5-10(18(21,22)23)6-15-12(9)7-11(24-15)8-13-14(19)3-4-16(25-2)17(13)20/h3-7,24H,8H2,1-2H3. The van der Waals surface area contributed by atoms with Crippen LogP contribution in [0.5, 0.6) is 5.75 Å². The summed E-state index contributed by atoms with van der Waals surface area (Å²) in [5.41, 5.74) is 1.67. The highest BCUT2D eigenvalue weighted by Crippen LogP contribution is 2.36. The fourth-order valence-electron chi connectivity index (χ4n) is 2.82. The predicted octanol–water partition coefficient (Wildman–Crippen LogP) is 6.40. The molecule has 0 saturated heterocycles. The minimum absolute atomic E-state index is 0.352. The molecule has 25 heavy (non-hydrogen) atoms. The van der Waals surface area contributed by atoms with Crippen LogP contribution in [0, 0.1) is 6.92 Å². The van der Waals surface area contributed by atoms with E-state index in [1.165, 1.54) is 7.11 Å². The Hall–Kier alpha value is -1.85. The number of nitrogens with one attached hydrogen (secondary N) is 1. The SMILES string of the molecule is COc1ccc(Cl)c(Cc2cc3c(C)cc(C(F)(F)F)cc3[nH]2)c1Cl. The van der Waals surface area contributed by atoms with Gasteiger partial charge < -0.3 is 9.72 Å². The second-order valence-corrected chi connectivity index (χ2v) is 6.55. The smallest absolute Gasteiger partial charge is 0.416 e. The van der Waals surface area contributed by atoms with E-state index in [-0.39, 0.29) is 0 Å². The number of halogens is 5. The van der Waals surface area contributed by atoms with Crippen molar-refractivity contribution in [3.63, 3.8) is 0 Å². The van der Waals surface area contributed by atoms with Gasteiger partial charge in [-0.1, -0.05) is 23.2 Å². The second kappa shape index (κ2) is 6.46. The van der Waals surface area contributed by atoms with Gasteiger partial charge in [-0.3, -0.25) is 0 Å². The van der Waals surface area contributed by atoms with Crippen molar-refractivity contribution in [2.75, 3.05) is 7.11 Å². The molecule has 0 aliphatic heterocycles. The quantitative estimate of drug-likeness (QED) is 0.552. The van der Waals surface area contributed by atoms with Gasteiger partial charge in [0.15, 0.2) is 0 Å². The predicted molar refractivity (Wildman–Crippen MR) is 93.9 cm³/mol. The van der Waals surface area contributed by atoms with Crippen LogP contribution in [-0.2, 0) is 12.6 Å². The molecule has 1 N–H and O–H groups in total. The minimum atomic E-state index is -4.39. The van der Waals surface area contributed by atoms with E-state index >= 15 is 0 Å². The molecule has 3 rings (SSSR count). The van der Waals surface area contributed by atoms with Gasteiger partial charge in [-0.2, -0.15) is 13.2 Å². The zero-order chi connectivity index (χ0) is 18.4. The summed E-state index contributed by atoms with van der Waals surface area (Å²) in [4.78, 5) is 3.03. The number of hydrogen-bond acceptors (Lipinski definition) is 1. The highest BCUT2D eigenvalue weighted by atomic mass is 35.5. The molecule has 0 bridgehead atoms. The molecule has 0 aliphatic rings. The van der Waals surface area contributed by atoms with E-state index in [2.05, 4.69) is 4.98 Å². The van der Waals surface area contributed by atoms with Gasteiger partial charge in [-0.25, -0.2) is 0 Å². The van der Waals surface area contributed by atoms with Gasteiger partial charge >= 0.3 is 6.18 Å². The number of rotatable bonds is 3. The Kier molecular flexibility index (Phi) is 4.64. The monoisotopic (exact) mass is 387 g/mol. The maximum absolute atomic E-state index is 13.0. The number of fused-ring (bicyclic) bond motifs is 1. The van der Waals surface area contributed by atoms with Crippen LogP contribution in [0.4, 0.5) is 13.2 Å². The highest BCUT2D eigenvalue weighted by Gasteiger charge is 2.31. The second-order valence-electron chi connectivity index (χ2n) is 5.77. The fraction of sp³-hybridized carbons (Fsp3) is 0.222. The van der Waals surface area contributed by atoms with Crippen LogP contribution >= 0.6 is 23.2 Å². The minimum Gasteiger partial charge on any atom is -0.495 e. The van der Waals surface area contributed by atoms with Gasteiger partial charge in [0.25, 0.3) is 0 Å². The van der Waals surface area contributed by atoms with E-state index in [0.717, 1.165) is 23.2 Å². The number of aryl methyl sites for hydroxylation is 1. The van der Waals surface area contributed by atoms with Crippen LogP contribution < -0.4 is 4.74 Å². The van der Waals surface area contributed by atoms with Crippen molar-refractivity contribution in [1.82, 2.24) is 4.98 Å². The van der Waals surface area contributed by atoms with E-state index < -0.39 is 11.7 Å². The third kappa shape index (κ3) is 3.44. The molecule has 2 nitrogen and oxygen atoms in total. The zero-order valence-corrected chi connectivity index (χ0v) is 14.9. The topological polar surface area (TPSA) is 25.0 Å². The van der Waals surface area contributed by atoms with E-state index in [0.29, 0.717) is 38.9 Å². The van der Waals surface area contributed by atoms with Crippen molar-refractivity contribution >= 4 is 34.1 Å². The number of H-pyrrole nitrogens is 1. The summed E-state index contributed by atoms with van der Waals surface area (Å²) in [5, 5.41) is 1.59. The van der Waals surface area contributed by atoms with Crippen molar-refractivity contribution < 1.29 is 17.9 Å². The Morgan fingerprint density at radius 3 is 2.48 bits per heavy atom. The van der Waals surface area contributed by atoms with E-state index in [1.807, 2.05) is 6.07 Å². The molecular weight excluding hydrogens is 374 g/mol. The number of methoxy groups -OCH3 is 1. The maximum Gasteiger partial charge on any atom is 0.416 e. The molecule has 7 heteroatoms. The van der Waals surface area contributed by atoms with Crippen molar-refractivity contribution in [1.29, 1.82) is 0 Å². The Morgan fingerprint density at radius 1 is 1.12 bits per heavy atom. The molecule has 0 amide bonds. The average molecular weight is 388 g/mol. The average Bonchev–Trinajstić information content (AvgIpc) is 2.94. The number of ether oxygens (including phenoxy) is 1. The third-order valence-corrected chi connectivity index (χ3v) is 4.83. The van der Waals surface area contributed by atoms with E-state index in [1.54, 1.807) is 19.1 Å². The molecule has 0 unspecified atom stereocenters. The summed E-state index contributed by atoms with van der Waals surface area (Å²) in [6.07, 6.45) is -4.03. The molecule has 0 spiro atoms. The Labute approximate surface area is 152 Å². The first-order valence-electron chi connectivity index (χ1n) is 7.41. The normalized spacial score (nSPS) is 12.0. The number of hydrogen-bond donors (Lipinski definition) is 1. The number of alkyl halides is 3. The van der Waals surface area contributed by atoms with Gasteiger partial charge in [0.2, 0.25) is 0 Å². The molecule has 0 radical (unpaired) electrons.